The van der Waals surface area contributed by atoms with E-state index >= 15 is 0 Å². The van der Waals surface area contributed by atoms with Crippen LogP contribution in [-0.4, -0.2) is 43.8 Å². The molecule has 1 atom stereocenters. The fourth-order valence-electron chi connectivity index (χ4n) is 4.97. The number of benzene rings is 3. The molecule has 3 aromatic carbocycles. The van der Waals surface area contributed by atoms with Crippen molar-refractivity contribution >= 4 is 62.3 Å². The molecule has 0 bridgehead atoms. The Morgan fingerprint density at radius 3 is 2.14 bits per heavy atom. The Bertz CT molecular complexity index is 1540. The number of aryl methyl sites for hydroxylation is 2. The highest BCUT2D eigenvalue weighted by atomic mass is 35.5. The molecule has 1 saturated carbocycles. The van der Waals surface area contributed by atoms with Crippen molar-refractivity contribution < 1.29 is 18.0 Å². The predicted octanol–water partition coefficient (Wildman–Crippen LogP) is 6.94. The third-order valence-corrected chi connectivity index (χ3v) is 10.5. The molecule has 0 heterocycles. The fraction of sp³-hybridized carbons (Fsp3) is 0.355. The lowest BCUT2D eigenvalue weighted by Gasteiger charge is -2.33. The summed E-state index contributed by atoms with van der Waals surface area (Å²) in [4.78, 5) is 28.8. The van der Waals surface area contributed by atoms with Crippen molar-refractivity contribution in [2.45, 2.75) is 70.0 Å². The second-order valence-electron chi connectivity index (χ2n) is 10.6. The minimum atomic E-state index is -4.21. The van der Waals surface area contributed by atoms with Gasteiger partial charge in [0, 0.05) is 33.2 Å². The van der Waals surface area contributed by atoms with Gasteiger partial charge < -0.3 is 10.2 Å². The van der Waals surface area contributed by atoms with E-state index in [0.717, 1.165) is 41.1 Å². The van der Waals surface area contributed by atoms with E-state index in [2.05, 4.69) is 5.32 Å². The largest absolute Gasteiger partial charge is 0.352 e. The standard InChI is InChI=1S/C31H34Cl3N3O4S/c1-20-11-14-25(17-21(20)2)37(42(40,41)26-15-12-23(32)13-16-26)19-30(38)36(18-27-28(33)9-6-10-29(27)34)22(3)31(39)35-24-7-4-5-8-24/h6,9-17,22,24H,4-5,7-8,18-19H2,1-3H3,(H,35,39)/t22-/m0/s1. The highest BCUT2D eigenvalue weighted by Gasteiger charge is 2.34. The van der Waals surface area contributed by atoms with Crippen LogP contribution in [0.15, 0.2) is 65.6 Å². The topological polar surface area (TPSA) is 86.8 Å². The van der Waals surface area contributed by atoms with E-state index in [4.69, 9.17) is 34.8 Å². The number of nitrogens with one attached hydrogen (secondary N) is 1. The van der Waals surface area contributed by atoms with E-state index < -0.39 is 28.5 Å². The molecule has 0 unspecified atom stereocenters. The zero-order chi connectivity index (χ0) is 30.6. The van der Waals surface area contributed by atoms with Crippen LogP contribution >= 0.6 is 34.8 Å². The minimum Gasteiger partial charge on any atom is -0.352 e. The Kier molecular flexibility index (Phi) is 10.5. The SMILES string of the molecule is Cc1ccc(N(CC(=O)N(Cc2c(Cl)cccc2Cl)[C@@H](C)C(=O)NC2CCCC2)S(=O)(=O)c2ccc(Cl)cc2)cc1C. The highest BCUT2D eigenvalue weighted by molar-refractivity contribution is 7.92. The zero-order valence-electron chi connectivity index (χ0n) is 23.7. The average Bonchev–Trinajstić information content (AvgIpc) is 3.46. The van der Waals surface area contributed by atoms with Gasteiger partial charge in [0.2, 0.25) is 11.8 Å². The van der Waals surface area contributed by atoms with Crippen molar-refractivity contribution in [2.75, 3.05) is 10.8 Å². The zero-order valence-corrected chi connectivity index (χ0v) is 26.8. The molecule has 0 aromatic heterocycles. The van der Waals surface area contributed by atoms with Gasteiger partial charge in [0.05, 0.1) is 10.6 Å². The first kappa shape index (κ1) is 32.1. The summed E-state index contributed by atoms with van der Waals surface area (Å²) in [5.41, 5.74) is 2.62. The average molecular weight is 651 g/mol. The predicted molar refractivity (Wildman–Crippen MR) is 169 cm³/mol. The van der Waals surface area contributed by atoms with Crippen LogP contribution in [0.4, 0.5) is 5.69 Å². The quantitative estimate of drug-likeness (QED) is 0.258. The maximum atomic E-state index is 14.2. The van der Waals surface area contributed by atoms with Crippen LogP contribution in [0.3, 0.4) is 0 Å². The number of halogens is 3. The Hall–Kier alpha value is -2.78. The summed E-state index contributed by atoms with van der Waals surface area (Å²) in [5, 5.41) is 4.10. The van der Waals surface area contributed by atoms with Crippen molar-refractivity contribution in [3.63, 3.8) is 0 Å². The van der Waals surface area contributed by atoms with Crippen LogP contribution in [-0.2, 0) is 26.2 Å². The fourth-order valence-corrected chi connectivity index (χ4v) is 7.02. The maximum absolute atomic E-state index is 14.2. The molecule has 0 aliphatic heterocycles. The molecule has 3 aromatic rings. The van der Waals surface area contributed by atoms with E-state index in [1.54, 1.807) is 43.3 Å². The Morgan fingerprint density at radius 2 is 1.55 bits per heavy atom. The molecule has 0 saturated heterocycles. The monoisotopic (exact) mass is 649 g/mol. The number of sulfonamides is 1. The second kappa shape index (κ2) is 13.7. The molecule has 2 amide bonds. The molecule has 11 heteroatoms. The van der Waals surface area contributed by atoms with Gasteiger partial charge in [-0.05, 0) is 93.3 Å². The van der Waals surface area contributed by atoms with Gasteiger partial charge in [-0.15, -0.1) is 0 Å². The molecule has 1 N–H and O–H groups in total. The Morgan fingerprint density at radius 1 is 0.929 bits per heavy atom. The number of anilines is 1. The molecule has 42 heavy (non-hydrogen) atoms. The van der Waals surface area contributed by atoms with Crippen molar-refractivity contribution in [2.24, 2.45) is 0 Å². The molecule has 0 radical (unpaired) electrons. The molecular formula is C31H34Cl3N3O4S. The van der Waals surface area contributed by atoms with Gasteiger partial charge >= 0.3 is 0 Å². The first-order valence-corrected chi connectivity index (χ1v) is 16.3. The summed E-state index contributed by atoms with van der Waals surface area (Å²) < 4.78 is 29.0. The molecule has 4 rings (SSSR count). The van der Waals surface area contributed by atoms with E-state index in [9.17, 15) is 18.0 Å². The summed E-state index contributed by atoms with van der Waals surface area (Å²) in [7, 11) is -4.21. The van der Waals surface area contributed by atoms with Gasteiger partial charge in [-0.25, -0.2) is 8.42 Å². The van der Waals surface area contributed by atoms with Crippen LogP contribution < -0.4 is 9.62 Å². The van der Waals surface area contributed by atoms with E-state index in [-0.39, 0.29) is 23.4 Å². The summed E-state index contributed by atoms with van der Waals surface area (Å²) in [6.45, 7) is 4.77. The Balaban J connectivity index is 1.73. The van der Waals surface area contributed by atoms with Crippen molar-refractivity contribution in [1.29, 1.82) is 0 Å². The van der Waals surface area contributed by atoms with Gasteiger partial charge in [-0.2, -0.15) is 0 Å². The van der Waals surface area contributed by atoms with Crippen LogP contribution in [0.1, 0.15) is 49.3 Å². The number of hydrogen-bond donors (Lipinski definition) is 1. The number of rotatable bonds is 10. The van der Waals surface area contributed by atoms with Crippen molar-refractivity contribution in [3.05, 3.63) is 92.4 Å². The minimum absolute atomic E-state index is 0.0225. The lowest BCUT2D eigenvalue weighted by molar-refractivity contribution is -0.139. The third kappa shape index (κ3) is 7.40. The first-order chi connectivity index (χ1) is 19.9. The number of hydrogen-bond acceptors (Lipinski definition) is 4. The van der Waals surface area contributed by atoms with Gasteiger partial charge in [-0.3, -0.25) is 13.9 Å². The van der Waals surface area contributed by atoms with E-state index in [0.29, 0.717) is 26.3 Å². The van der Waals surface area contributed by atoms with Crippen LogP contribution in [0, 0.1) is 13.8 Å². The molecule has 0 spiro atoms. The van der Waals surface area contributed by atoms with E-state index in [1.165, 1.54) is 29.2 Å². The third-order valence-electron chi connectivity index (χ3n) is 7.72. The van der Waals surface area contributed by atoms with Crippen molar-refractivity contribution in [1.82, 2.24) is 10.2 Å². The summed E-state index contributed by atoms with van der Waals surface area (Å²) in [6.07, 6.45) is 3.82. The summed E-state index contributed by atoms with van der Waals surface area (Å²) in [5.74, 6) is -0.910. The van der Waals surface area contributed by atoms with Crippen LogP contribution in [0.25, 0.3) is 0 Å². The smallest absolute Gasteiger partial charge is 0.264 e. The molecule has 224 valence electrons. The van der Waals surface area contributed by atoms with Crippen LogP contribution in [0.5, 0.6) is 0 Å². The maximum Gasteiger partial charge on any atom is 0.264 e. The summed E-state index contributed by atoms with van der Waals surface area (Å²) in [6, 6.07) is 15.1. The van der Waals surface area contributed by atoms with Gasteiger partial charge in [0.1, 0.15) is 12.6 Å². The normalized spacial score (nSPS) is 14.4. The van der Waals surface area contributed by atoms with Crippen LogP contribution in [0.2, 0.25) is 15.1 Å². The highest BCUT2D eigenvalue weighted by Crippen LogP contribution is 2.29. The second-order valence-corrected chi connectivity index (χ2v) is 13.7. The van der Waals surface area contributed by atoms with Gasteiger partial charge in [0.15, 0.2) is 0 Å². The number of carbonyl (C=O) groups excluding carboxylic acids is 2. The number of carbonyl (C=O) groups is 2. The molecule has 1 aliphatic carbocycles. The van der Waals surface area contributed by atoms with Gasteiger partial charge in [-0.1, -0.05) is 59.8 Å². The molecular weight excluding hydrogens is 617 g/mol. The summed E-state index contributed by atoms with van der Waals surface area (Å²) >= 11 is 18.9. The molecule has 7 nitrogen and oxygen atoms in total. The van der Waals surface area contributed by atoms with Crippen molar-refractivity contribution in [3.8, 4) is 0 Å². The number of nitrogens with zero attached hydrogens (tertiary/aromatic N) is 2. The Labute approximate surface area is 262 Å². The lowest BCUT2D eigenvalue weighted by atomic mass is 10.1. The molecule has 1 aliphatic rings. The lowest BCUT2D eigenvalue weighted by Crippen LogP contribution is -2.52. The van der Waals surface area contributed by atoms with E-state index in [1.807, 2.05) is 13.8 Å². The molecule has 1 fully saturated rings. The van der Waals surface area contributed by atoms with Gasteiger partial charge in [0.25, 0.3) is 10.0 Å². The first-order valence-electron chi connectivity index (χ1n) is 13.8. The number of amides is 2.